The molecule has 0 rings (SSSR count). The van der Waals surface area contributed by atoms with Crippen molar-refractivity contribution in [3.8, 4) is 0 Å². The van der Waals surface area contributed by atoms with E-state index in [1.165, 1.54) is 0 Å². The Morgan fingerprint density at radius 3 is 2.53 bits per heavy atom. The van der Waals surface area contributed by atoms with Gasteiger partial charge in [-0.25, -0.2) is 0 Å². The van der Waals surface area contributed by atoms with Crippen molar-refractivity contribution in [3.63, 3.8) is 0 Å². The van der Waals surface area contributed by atoms with E-state index in [-0.39, 0.29) is 11.9 Å². The van der Waals surface area contributed by atoms with E-state index < -0.39 is 5.60 Å². The molecule has 0 bridgehead atoms. The molecule has 102 valence electrons. The number of carbonyl (C=O) groups excluding carboxylic acids is 1. The fourth-order valence-electron chi connectivity index (χ4n) is 1.25. The maximum atomic E-state index is 11.6. The molecule has 0 spiro atoms. The summed E-state index contributed by atoms with van der Waals surface area (Å²) in [7, 11) is 0. The molecule has 0 unspecified atom stereocenters. The van der Waals surface area contributed by atoms with Gasteiger partial charge < -0.3 is 14.8 Å². The smallest absolute Gasteiger partial charge is 0.310 e. The fourth-order valence-corrected chi connectivity index (χ4v) is 1.25. The second-order valence-electron chi connectivity index (χ2n) is 5.19. The van der Waals surface area contributed by atoms with Gasteiger partial charge in [0.05, 0.1) is 5.92 Å². The summed E-state index contributed by atoms with van der Waals surface area (Å²) in [6.07, 6.45) is 0.967. The van der Waals surface area contributed by atoms with Gasteiger partial charge in [-0.05, 0) is 40.7 Å². The van der Waals surface area contributed by atoms with Gasteiger partial charge in [-0.1, -0.05) is 6.92 Å². The Balaban J connectivity index is 3.58. The van der Waals surface area contributed by atoms with Crippen LogP contribution in [0.5, 0.6) is 0 Å². The molecule has 0 aromatic rings. The molecule has 0 amide bonds. The Bertz CT molecular complexity index is 211. The normalized spacial score (nSPS) is 13.5. The molecule has 0 aromatic carbocycles. The number of hydrogen-bond donors (Lipinski definition) is 1. The quantitative estimate of drug-likeness (QED) is 0.525. The molecule has 0 aromatic heterocycles. The highest BCUT2D eigenvalue weighted by Gasteiger charge is 2.21. The van der Waals surface area contributed by atoms with Crippen LogP contribution < -0.4 is 5.32 Å². The van der Waals surface area contributed by atoms with Gasteiger partial charge in [0.15, 0.2) is 0 Å². The van der Waals surface area contributed by atoms with Crippen LogP contribution in [0.1, 0.15) is 41.0 Å². The molecule has 1 atom stereocenters. The molecule has 17 heavy (non-hydrogen) atoms. The maximum Gasteiger partial charge on any atom is 0.310 e. The number of ether oxygens (including phenoxy) is 2. The Hall–Kier alpha value is -0.610. The zero-order valence-corrected chi connectivity index (χ0v) is 11.8. The third-order valence-corrected chi connectivity index (χ3v) is 2.11. The van der Waals surface area contributed by atoms with E-state index in [1.54, 1.807) is 0 Å². The lowest BCUT2D eigenvalue weighted by Gasteiger charge is -2.22. The van der Waals surface area contributed by atoms with Crippen LogP contribution >= 0.6 is 0 Å². The number of rotatable bonds is 8. The van der Waals surface area contributed by atoms with Crippen molar-refractivity contribution in [2.24, 2.45) is 5.92 Å². The summed E-state index contributed by atoms with van der Waals surface area (Å²) in [5, 5.41) is 3.23. The first-order chi connectivity index (χ1) is 7.87. The summed E-state index contributed by atoms with van der Waals surface area (Å²) in [6, 6.07) is 0. The van der Waals surface area contributed by atoms with Gasteiger partial charge in [0, 0.05) is 19.8 Å². The SMILES string of the molecule is CCOCCCNC[C@H](C)C(=O)OC(C)(C)C. The third-order valence-electron chi connectivity index (χ3n) is 2.11. The Kier molecular flexibility index (Phi) is 8.17. The highest BCUT2D eigenvalue weighted by Crippen LogP contribution is 2.10. The van der Waals surface area contributed by atoms with Crippen molar-refractivity contribution in [1.82, 2.24) is 5.32 Å². The summed E-state index contributed by atoms with van der Waals surface area (Å²) < 4.78 is 10.5. The molecule has 0 fully saturated rings. The molecule has 0 saturated heterocycles. The van der Waals surface area contributed by atoms with Gasteiger partial charge in [0.2, 0.25) is 0 Å². The molecule has 0 aliphatic rings. The number of nitrogens with one attached hydrogen (secondary N) is 1. The van der Waals surface area contributed by atoms with Gasteiger partial charge in [0.1, 0.15) is 5.60 Å². The zero-order chi connectivity index (χ0) is 13.3. The van der Waals surface area contributed by atoms with Gasteiger partial charge in [0.25, 0.3) is 0 Å². The molecule has 0 aliphatic carbocycles. The van der Waals surface area contributed by atoms with E-state index in [0.717, 1.165) is 26.2 Å². The highest BCUT2D eigenvalue weighted by molar-refractivity contribution is 5.72. The zero-order valence-electron chi connectivity index (χ0n) is 11.8. The number of esters is 1. The van der Waals surface area contributed by atoms with Gasteiger partial charge in [-0.15, -0.1) is 0 Å². The van der Waals surface area contributed by atoms with Crippen LogP contribution in [0.15, 0.2) is 0 Å². The minimum atomic E-state index is -0.402. The molecular formula is C13H27NO3. The van der Waals surface area contributed by atoms with Crippen LogP contribution in [-0.4, -0.2) is 37.9 Å². The molecule has 0 saturated carbocycles. The van der Waals surface area contributed by atoms with Crippen LogP contribution in [0, 0.1) is 5.92 Å². The summed E-state index contributed by atoms with van der Waals surface area (Å²) in [5.74, 6) is -0.254. The first kappa shape index (κ1) is 16.4. The topological polar surface area (TPSA) is 47.6 Å². The lowest BCUT2D eigenvalue weighted by atomic mass is 10.1. The predicted molar refractivity (Wildman–Crippen MR) is 69.0 cm³/mol. The van der Waals surface area contributed by atoms with Gasteiger partial charge in [-0.3, -0.25) is 4.79 Å². The number of carbonyl (C=O) groups is 1. The molecule has 4 nitrogen and oxygen atoms in total. The fraction of sp³-hybridized carbons (Fsp3) is 0.923. The van der Waals surface area contributed by atoms with Crippen LogP contribution in [-0.2, 0) is 14.3 Å². The van der Waals surface area contributed by atoms with E-state index in [1.807, 2.05) is 34.6 Å². The Labute approximate surface area is 105 Å². The molecular weight excluding hydrogens is 218 g/mol. The highest BCUT2D eigenvalue weighted by atomic mass is 16.6. The average molecular weight is 245 g/mol. The third kappa shape index (κ3) is 10.3. The van der Waals surface area contributed by atoms with Crippen LogP contribution in [0.4, 0.5) is 0 Å². The molecule has 0 radical (unpaired) electrons. The minimum Gasteiger partial charge on any atom is -0.460 e. The summed E-state index contributed by atoms with van der Waals surface area (Å²) in [6.45, 7) is 12.6. The van der Waals surface area contributed by atoms with E-state index in [4.69, 9.17) is 9.47 Å². The van der Waals surface area contributed by atoms with Crippen molar-refractivity contribution in [3.05, 3.63) is 0 Å². The lowest BCUT2D eigenvalue weighted by Crippen LogP contribution is -2.33. The first-order valence-electron chi connectivity index (χ1n) is 6.38. The number of hydrogen-bond acceptors (Lipinski definition) is 4. The molecule has 1 N–H and O–H groups in total. The van der Waals surface area contributed by atoms with E-state index >= 15 is 0 Å². The van der Waals surface area contributed by atoms with Gasteiger partial charge in [-0.2, -0.15) is 0 Å². The van der Waals surface area contributed by atoms with Crippen LogP contribution in [0.2, 0.25) is 0 Å². The minimum absolute atomic E-state index is 0.110. The summed E-state index contributed by atoms with van der Waals surface area (Å²) >= 11 is 0. The van der Waals surface area contributed by atoms with Crippen LogP contribution in [0.3, 0.4) is 0 Å². The van der Waals surface area contributed by atoms with Crippen molar-refractivity contribution < 1.29 is 14.3 Å². The van der Waals surface area contributed by atoms with Crippen molar-refractivity contribution in [2.45, 2.75) is 46.6 Å². The predicted octanol–water partition coefficient (Wildman–Crippen LogP) is 1.98. The first-order valence-corrected chi connectivity index (χ1v) is 6.38. The maximum absolute atomic E-state index is 11.6. The van der Waals surface area contributed by atoms with E-state index in [0.29, 0.717) is 6.54 Å². The standard InChI is InChI=1S/C13H27NO3/c1-6-16-9-7-8-14-10-11(2)12(15)17-13(3,4)5/h11,14H,6-10H2,1-5H3/t11-/m0/s1. The molecule has 4 heteroatoms. The van der Waals surface area contributed by atoms with Crippen LogP contribution in [0.25, 0.3) is 0 Å². The average Bonchev–Trinajstić information content (AvgIpc) is 2.20. The Morgan fingerprint density at radius 1 is 1.35 bits per heavy atom. The largest absolute Gasteiger partial charge is 0.460 e. The molecule has 0 heterocycles. The summed E-state index contributed by atoms with van der Waals surface area (Å²) in [4.78, 5) is 11.6. The van der Waals surface area contributed by atoms with Crippen molar-refractivity contribution in [2.75, 3.05) is 26.3 Å². The van der Waals surface area contributed by atoms with Crippen molar-refractivity contribution in [1.29, 1.82) is 0 Å². The van der Waals surface area contributed by atoms with Gasteiger partial charge >= 0.3 is 5.97 Å². The monoisotopic (exact) mass is 245 g/mol. The Morgan fingerprint density at radius 2 is 2.00 bits per heavy atom. The second-order valence-corrected chi connectivity index (χ2v) is 5.19. The molecule has 0 aliphatic heterocycles. The second kappa shape index (κ2) is 8.48. The lowest BCUT2D eigenvalue weighted by molar-refractivity contribution is -0.159. The van der Waals surface area contributed by atoms with Crippen molar-refractivity contribution >= 4 is 5.97 Å². The van der Waals surface area contributed by atoms with E-state index in [9.17, 15) is 4.79 Å². The van der Waals surface area contributed by atoms with E-state index in [2.05, 4.69) is 5.32 Å². The summed E-state index contributed by atoms with van der Waals surface area (Å²) in [5.41, 5.74) is -0.402.